The fourth-order valence-electron chi connectivity index (χ4n) is 2.00. The van der Waals surface area contributed by atoms with Gasteiger partial charge in [0.1, 0.15) is 0 Å². The van der Waals surface area contributed by atoms with Crippen LogP contribution in [0.25, 0.3) is 0 Å². The average Bonchev–Trinajstić information content (AvgIpc) is 2.60. The minimum Gasteiger partial charge on any atom is -0.478 e. The first kappa shape index (κ1) is 20.1. The molecule has 2 aromatic rings. The second-order valence-corrected chi connectivity index (χ2v) is 7.59. The van der Waals surface area contributed by atoms with Gasteiger partial charge in [-0.2, -0.15) is 12.6 Å². The van der Waals surface area contributed by atoms with E-state index in [9.17, 15) is 27.1 Å². The molecule has 2 rings (SSSR count). The lowest BCUT2D eigenvalue weighted by Crippen LogP contribution is -2.43. The molecule has 2 aromatic carbocycles. The van der Waals surface area contributed by atoms with Crippen LogP contribution >= 0.6 is 12.6 Å². The number of halogens is 2. The summed E-state index contributed by atoms with van der Waals surface area (Å²) in [4.78, 5) is 11.3. The van der Waals surface area contributed by atoms with Gasteiger partial charge >= 0.3 is 5.97 Å². The van der Waals surface area contributed by atoms with Crippen molar-refractivity contribution >= 4 is 28.6 Å². The molecule has 6 nitrogen and oxygen atoms in total. The van der Waals surface area contributed by atoms with Crippen LogP contribution in [0.5, 0.6) is 5.75 Å². The highest BCUT2D eigenvalue weighted by molar-refractivity contribution is 7.89. The lowest BCUT2D eigenvalue weighted by Gasteiger charge is -2.21. The first-order valence-corrected chi connectivity index (χ1v) is 9.28. The lowest BCUT2D eigenvalue weighted by atomic mass is 10.2. The molecule has 0 heterocycles. The van der Waals surface area contributed by atoms with Crippen molar-refractivity contribution < 1.29 is 31.8 Å². The molecule has 0 radical (unpaired) electrons. The van der Waals surface area contributed by atoms with E-state index in [0.29, 0.717) is 0 Å². The van der Waals surface area contributed by atoms with Crippen molar-refractivity contribution in [2.75, 3.05) is 6.54 Å². The second-order valence-electron chi connectivity index (χ2n) is 5.16. The molecule has 0 amide bonds. The summed E-state index contributed by atoms with van der Waals surface area (Å²) in [7, 11) is -3.90. The number of thiol groups is 1. The number of ether oxygens (including phenoxy) is 1. The number of nitrogens with one attached hydrogen (secondary N) is 1. The second kappa shape index (κ2) is 8.47. The van der Waals surface area contributed by atoms with Gasteiger partial charge in [-0.1, -0.05) is 24.3 Å². The van der Waals surface area contributed by atoms with Crippen molar-refractivity contribution in [1.29, 1.82) is 0 Å². The maximum absolute atomic E-state index is 13.6. The van der Waals surface area contributed by atoms with E-state index in [-0.39, 0.29) is 4.90 Å². The third kappa shape index (κ3) is 4.93. The monoisotopic (exact) mass is 403 g/mol. The summed E-state index contributed by atoms with van der Waals surface area (Å²) in [6, 6.07) is 10.3. The standard InChI is InChI=1S/C16H15F2NO5S2/c17-11-7-4-8-12(18)14(11)24-15(16(20)21)13(25)9-19-26(22,23)10-5-2-1-3-6-10/h1-8,13,15,19,25H,9H2,(H,20,21). The molecular formula is C16H15F2NO5S2. The van der Waals surface area contributed by atoms with Crippen LogP contribution in [0.15, 0.2) is 53.4 Å². The Labute approximate surface area is 154 Å². The van der Waals surface area contributed by atoms with Crippen LogP contribution in [-0.4, -0.2) is 37.4 Å². The molecule has 0 bridgehead atoms. The van der Waals surface area contributed by atoms with Gasteiger partial charge in [0.05, 0.1) is 10.1 Å². The van der Waals surface area contributed by atoms with E-state index in [1.165, 1.54) is 24.3 Å². The minimum absolute atomic E-state index is 0.0199. The fraction of sp³-hybridized carbons (Fsp3) is 0.188. The van der Waals surface area contributed by atoms with Gasteiger partial charge in [0.15, 0.2) is 17.4 Å². The highest BCUT2D eigenvalue weighted by Crippen LogP contribution is 2.24. The average molecular weight is 403 g/mol. The van der Waals surface area contributed by atoms with E-state index in [1.54, 1.807) is 6.07 Å². The van der Waals surface area contributed by atoms with Crippen LogP contribution in [0.3, 0.4) is 0 Å². The molecule has 2 N–H and O–H groups in total. The number of benzene rings is 2. The van der Waals surface area contributed by atoms with Gasteiger partial charge in [0, 0.05) is 6.54 Å². The van der Waals surface area contributed by atoms with Gasteiger partial charge in [-0.3, -0.25) is 0 Å². The minimum atomic E-state index is -3.90. The van der Waals surface area contributed by atoms with Crippen LogP contribution in [0, 0.1) is 11.6 Å². The summed E-state index contributed by atoms with van der Waals surface area (Å²) in [5.41, 5.74) is 0. The van der Waals surface area contributed by atoms with Crippen LogP contribution in [0.2, 0.25) is 0 Å². The van der Waals surface area contributed by atoms with Crippen LogP contribution in [0.4, 0.5) is 8.78 Å². The van der Waals surface area contributed by atoms with Crippen LogP contribution < -0.4 is 9.46 Å². The molecule has 2 unspecified atom stereocenters. The summed E-state index contributed by atoms with van der Waals surface area (Å²) in [6.07, 6.45) is -1.79. The van der Waals surface area contributed by atoms with Crippen molar-refractivity contribution in [3.8, 4) is 5.75 Å². The molecule has 0 aromatic heterocycles. The van der Waals surface area contributed by atoms with Gasteiger partial charge in [0.2, 0.25) is 16.1 Å². The van der Waals surface area contributed by atoms with Crippen molar-refractivity contribution in [2.24, 2.45) is 0 Å². The molecule has 0 aliphatic heterocycles. The highest BCUT2D eigenvalue weighted by atomic mass is 32.2. The zero-order chi connectivity index (χ0) is 19.3. The number of aliphatic carboxylic acids is 1. The molecule has 2 atom stereocenters. The largest absolute Gasteiger partial charge is 0.478 e. The van der Waals surface area contributed by atoms with Gasteiger partial charge < -0.3 is 9.84 Å². The SMILES string of the molecule is O=C(O)C(Oc1c(F)cccc1F)C(S)CNS(=O)(=O)c1ccccc1. The van der Waals surface area contributed by atoms with Gasteiger partial charge in [-0.05, 0) is 24.3 Å². The molecular weight excluding hydrogens is 388 g/mol. The van der Waals surface area contributed by atoms with E-state index in [2.05, 4.69) is 17.4 Å². The highest BCUT2D eigenvalue weighted by Gasteiger charge is 2.31. The predicted molar refractivity (Wildman–Crippen MR) is 92.8 cm³/mol. The first-order chi connectivity index (χ1) is 12.2. The van der Waals surface area contributed by atoms with Crippen molar-refractivity contribution in [2.45, 2.75) is 16.2 Å². The molecule has 0 aliphatic rings. The zero-order valence-electron chi connectivity index (χ0n) is 13.2. The Kier molecular flexibility index (Phi) is 6.57. The Hall–Kier alpha value is -2.17. The maximum Gasteiger partial charge on any atom is 0.346 e. The smallest absolute Gasteiger partial charge is 0.346 e. The number of rotatable bonds is 8. The maximum atomic E-state index is 13.6. The molecule has 0 aliphatic carbocycles. The Morgan fingerprint density at radius 2 is 1.69 bits per heavy atom. The topological polar surface area (TPSA) is 92.7 Å². The number of hydrogen-bond donors (Lipinski definition) is 3. The summed E-state index contributed by atoms with van der Waals surface area (Å²) in [5.74, 6) is -4.58. The van der Waals surface area contributed by atoms with Gasteiger partial charge in [-0.25, -0.2) is 26.7 Å². The van der Waals surface area contributed by atoms with E-state index in [1.807, 2.05) is 0 Å². The molecule has 0 saturated heterocycles. The summed E-state index contributed by atoms with van der Waals surface area (Å²) >= 11 is 4.01. The summed E-state index contributed by atoms with van der Waals surface area (Å²) < 4.78 is 58.7. The molecule has 26 heavy (non-hydrogen) atoms. The zero-order valence-corrected chi connectivity index (χ0v) is 14.9. The van der Waals surface area contributed by atoms with E-state index < -0.39 is 51.3 Å². The third-order valence-corrected chi connectivity index (χ3v) is 5.19. The Morgan fingerprint density at radius 3 is 2.23 bits per heavy atom. The quantitative estimate of drug-likeness (QED) is 0.587. The number of hydrogen-bond acceptors (Lipinski definition) is 5. The van der Waals surface area contributed by atoms with E-state index >= 15 is 0 Å². The number of carbonyl (C=O) groups is 1. The third-order valence-electron chi connectivity index (χ3n) is 3.29. The van der Waals surface area contributed by atoms with Crippen molar-refractivity contribution in [3.63, 3.8) is 0 Å². The molecule has 140 valence electrons. The Morgan fingerprint density at radius 1 is 1.12 bits per heavy atom. The number of carboxylic acids is 1. The summed E-state index contributed by atoms with van der Waals surface area (Å²) in [6.45, 7) is -0.437. The number of sulfonamides is 1. The molecule has 10 heteroatoms. The number of para-hydroxylation sites is 1. The van der Waals surface area contributed by atoms with Crippen LogP contribution in [-0.2, 0) is 14.8 Å². The normalized spacial score (nSPS) is 13.8. The Balaban J connectivity index is 2.12. The molecule has 0 saturated carbocycles. The molecule has 0 fully saturated rings. The van der Waals surface area contributed by atoms with Gasteiger partial charge in [0.25, 0.3) is 0 Å². The van der Waals surface area contributed by atoms with Crippen LogP contribution in [0.1, 0.15) is 0 Å². The predicted octanol–water partition coefficient (Wildman–Crippen LogP) is 2.07. The fourth-order valence-corrected chi connectivity index (χ4v) is 3.48. The Bertz CT molecular complexity index is 857. The van der Waals surface area contributed by atoms with E-state index in [0.717, 1.165) is 18.2 Å². The van der Waals surface area contributed by atoms with Crippen molar-refractivity contribution in [1.82, 2.24) is 4.72 Å². The summed E-state index contributed by atoms with van der Waals surface area (Å²) in [5, 5.41) is 8.02. The van der Waals surface area contributed by atoms with E-state index in [4.69, 9.17) is 4.74 Å². The molecule has 0 spiro atoms. The van der Waals surface area contributed by atoms with Crippen molar-refractivity contribution in [3.05, 3.63) is 60.2 Å². The lowest BCUT2D eigenvalue weighted by molar-refractivity contribution is -0.145. The van der Waals surface area contributed by atoms with Gasteiger partial charge in [-0.15, -0.1) is 0 Å². The first-order valence-electron chi connectivity index (χ1n) is 7.28. The number of carboxylic acid groups (broad SMARTS) is 1.